The average Bonchev–Trinajstić information content (AvgIpc) is 3.65. The molecular weight excluding hydrogens is 652 g/mol. The molecule has 2 aromatic carbocycles. The lowest BCUT2D eigenvalue weighted by Gasteiger charge is -2.19. The van der Waals surface area contributed by atoms with Crippen LogP contribution in [0.4, 0.5) is 5.69 Å². The summed E-state index contributed by atoms with van der Waals surface area (Å²) in [6, 6.07) is 15.3. The van der Waals surface area contributed by atoms with Crippen molar-refractivity contribution in [1.82, 2.24) is 0 Å². The Labute approximate surface area is 263 Å². The first-order valence-corrected chi connectivity index (χ1v) is 18.7. The van der Waals surface area contributed by atoms with Crippen LogP contribution in [-0.4, -0.2) is 44.0 Å². The molecule has 0 unspecified atom stereocenters. The zero-order chi connectivity index (χ0) is 30.8. The monoisotopic (exact) mass is 679 g/mol. The van der Waals surface area contributed by atoms with E-state index in [-0.39, 0.29) is 19.4 Å². The van der Waals surface area contributed by atoms with Crippen molar-refractivity contribution in [3.05, 3.63) is 81.5 Å². The topological polar surface area (TPSA) is 131 Å². The van der Waals surface area contributed by atoms with Gasteiger partial charge in [0.05, 0.1) is 25.9 Å². The van der Waals surface area contributed by atoms with Crippen molar-refractivity contribution in [2.45, 2.75) is 32.7 Å². The van der Waals surface area contributed by atoms with E-state index in [9.17, 15) is 25.9 Å². The van der Waals surface area contributed by atoms with Gasteiger partial charge in [-0.3, -0.25) is 0 Å². The highest BCUT2D eigenvalue weighted by Crippen LogP contribution is 2.43. The van der Waals surface area contributed by atoms with E-state index >= 15 is 0 Å². The van der Waals surface area contributed by atoms with E-state index < -0.39 is 31.7 Å². The number of anilines is 1. The molecule has 2 aromatic heterocycles. The third-order valence-corrected chi connectivity index (χ3v) is 10.7. The van der Waals surface area contributed by atoms with Gasteiger partial charge in [0.1, 0.15) is 4.70 Å². The van der Waals surface area contributed by atoms with Gasteiger partial charge in [-0.1, -0.05) is 35.9 Å². The fourth-order valence-corrected chi connectivity index (χ4v) is 7.81. The van der Waals surface area contributed by atoms with Gasteiger partial charge in [0.15, 0.2) is 12.3 Å². The molecule has 0 aliphatic carbocycles. The van der Waals surface area contributed by atoms with E-state index in [2.05, 4.69) is 0 Å². The van der Waals surface area contributed by atoms with E-state index in [1.807, 2.05) is 76.4 Å². The first-order chi connectivity index (χ1) is 20.4. The molecule has 1 aliphatic rings. The van der Waals surface area contributed by atoms with Crippen LogP contribution >= 0.6 is 34.3 Å². The minimum Gasteiger partial charge on any atom is -0.748 e. The molecule has 4 aromatic rings. The van der Waals surface area contributed by atoms with Crippen LogP contribution in [0.15, 0.2) is 71.4 Å². The predicted octanol–water partition coefficient (Wildman–Crippen LogP) is 5.98. The number of aromatic nitrogens is 1. The first kappa shape index (κ1) is 31.6. The minimum atomic E-state index is -4.38. The van der Waals surface area contributed by atoms with Gasteiger partial charge in [-0.05, 0) is 65.8 Å². The molecule has 0 saturated heterocycles. The molecule has 0 bridgehead atoms. The Bertz CT molecular complexity index is 1920. The van der Waals surface area contributed by atoms with Crippen molar-refractivity contribution in [3.63, 3.8) is 0 Å². The van der Waals surface area contributed by atoms with Crippen LogP contribution in [0.1, 0.15) is 31.2 Å². The van der Waals surface area contributed by atoms with Gasteiger partial charge in [0.2, 0.25) is 11.4 Å². The van der Waals surface area contributed by atoms with Crippen molar-refractivity contribution in [2.24, 2.45) is 0 Å². The number of thiophene rings is 1. The molecule has 0 spiro atoms. The smallest absolute Gasteiger partial charge is 0.263 e. The number of allylic oxidation sites excluding steroid dienone is 2. The lowest BCUT2D eigenvalue weighted by Crippen LogP contribution is -2.36. The van der Waals surface area contributed by atoms with Crippen molar-refractivity contribution in [1.29, 1.82) is 0 Å². The molecule has 0 atom stereocenters. The second-order valence-corrected chi connectivity index (χ2v) is 15.4. The number of benzene rings is 2. The maximum absolute atomic E-state index is 11.3. The standard InChI is InChI=1S/C29H29ClN2O7S4/c1-2-20(17-29-32(12-5-15-43(36,37)38)24-19-22(30)8-10-27(24)41-29)16-28-31(11-4-14-42(33,34)35)23-18-21(7-9-25(23)39-28)26-6-3-13-40-26/h3,6-10,13,16-19H,2,4-5,11-12,14-15H2,1H3,(H-,33,34,35,36,37,38)/p-1. The number of rotatable bonds is 12. The van der Waals surface area contributed by atoms with E-state index in [4.69, 9.17) is 16.3 Å². The lowest BCUT2D eigenvalue weighted by molar-refractivity contribution is -0.668. The zero-order valence-corrected chi connectivity index (χ0v) is 27.1. The second-order valence-electron chi connectivity index (χ2n) is 9.90. The Morgan fingerprint density at radius 2 is 1.81 bits per heavy atom. The second kappa shape index (κ2) is 13.1. The quantitative estimate of drug-likeness (QED) is 0.132. The number of hydrogen-bond donors (Lipinski definition) is 0. The van der Waals surface area contributed by atoms with E-state index in [0.717, 1.165) is 36.9 Å². The summed E-state index contributed by atoms with van der Waals surface area (Å²) in [7, 11) is -8.73. The Morgan fingerprint density at radius 1 is 1.05 bits per heavy atom. The number of thiazole rings is 1. The molecule has 5 rings (SSSR count). The van der Waals surface area contributed by atoms with Crippen LogP contribution in [0.2, 0.25) is 5.02 Å². The molecular formula is C29H28ClN2O7S4-. The minimum absolute atomic E-state index is 0.125. The van der Waals surface area contributed by atoms with Crippen molar-refractivity contribution in [3.8, 4) is 16.2 Å². The summed E-state index contributed by atoms with van der Waals surface area (Å²) in [5.74, 6) is 0.163. The normalized spacial score (nSPS) is 14.9. The van der Waals surface area contributed by atoms with Gasteiger partial charge < -0.3 is 18.7 Å². The maximum atomic E-state index is 11.3. The van der Waals surface area contributed by atoms with E-state index in [1.165, 1.54) is 11.3 Å². The third kappa shape index (κ3) is 8.04. The Hall–Kier alpha value is -2.78. The fraction of sp³-hybridized carbons (Fsp3) is 0.276. The van der Waals surface area contributed by atoms with Crippen LogP contribution in [-0.2, 0) is 26.8 Å². The highest BCUT2D eigenvalue weighted by atomic mass is 35.5. The largest absolute Gasteiger partial charge is 0.748 e. The highest BCUT2D eigenvalue weighted by Gasteiger charge is 2.28. The molecule has 228 valence electrons. The van der Waals surface area contributed by atoms with E-state index in [0.29, 0.717) is 29.6 Å². The van der Waals surface area contributed by atoms with Gasteiger partial charge in [-0.15, -0.1) is 11.3 Å². The van der Waals surface area contributed by atoms with Crippen molar-refractivity contribution >= 4 is 76.5 Å². The van der Waals surface area contributed by atoms with Gasteiger partial charge in [0.25, 0.3) is 5.01 Å². The van der Waals surface area contributed by atoms with Gasteiger partial charge in [-0.2, -0.15) is 4.57 Å². The molecule has 1 aliphatic heterocycles. The first-order valence-electron chi connectivity index (χ1n) is 13.4. The fourth-order valence-electron chi connectivity index (χ4n) is 4.81. The number of aryl methyl sites for hydroxylation is 1. The molecule has 0 N–H and O–H groups in total. The molecule has 14 heteroatoms. The third-order valence-electron chi connectivity index (χ3n) is 6.81. The van der Waals surface area contributed by atoms with Crippen LogP contribution < -0.4 is 14.2 Å². The average molecular weight is 680 g/mol. The maximum Gasteiger partial charge on any atom is 0.263 e. The van der Waals surface area contributed by atoms with Gasteiger partial charge in [-0.25, -0.2) is 16.8 Å². The Balaban J connectivity index is 1.52. The molecule has 0 radical (unpaired) electrons. The van der Waals surface area contributed by atoms with Crippen LogP contribution in [0, 0.1) is 0 Å². The summed E-state index contributed by atoms with van der Waals surface area (Å²) in [4.78, 5) is 2.97. The van der Waals surface area contributed by atoms with Crippen LogP contribution in [0.25, 0.3) is 26.7 Å². The zero-order valence-electron chi connectivity index (χ0n) is 23.1. The predicted molar refractivity (Wildman–Crippen MR) is 169 cm³/mol. The molecule has 0 amide bonds. The molecule has 0 fully saturated rings. The lowest BCUT2D eigenvalue weighted by atomic mass is 10.1. The van der Waals surface area contributed by atoms with Crippen molar-refractivity contribution in [2.75, 3.05) is 23.0 Å². The number of halogens is 1. The van der Waals surface area contributed by atoms with E-state index in [1.54, 1.807) is 17.4 Å². The molecule has 3 heterocycles. The number of ether oxygens (including phenoxy) is 1. The number of nitrogens with zero attached hydrogens (tertiary/aromatic N) is 2. The summed E-state index contributed by atoms with van der Waals surface area (Å²) in [6.07, 6.45) is 4.78. The SMILES string of the molecule is CCC(/C=C1\Oc2ccc(-c3cccs3)cc2N1CCCS(=O)(=O)[O-])=C\c1sc2ccc(Cl)cc2[n+]1CCCS(=O)(=O)[O-]. The van der Waals surface area contributed by atoms with Crippen LogP contribution in [0.3, 0.4) is 0 Å². The molecule has 9 nitrogen and oxygen atoms in total. The van der Waals surface area contributed by atoms with Crippen molar-refractivity contribution < 1.29 is 35.2 Å². The highest BCUT2D eigenvalue weighted by molar-refractivity contribution is 7.85. The van der Waals surface area contributed by atoms with Crippen LogP contribution in [0.5, 0.6) is 5.75 Å². The summed E-state index contributed by atoms with van der Waals surface area (Å²) >= 11 is 9.39. The molecule has 43 heavy (non-hydrogen) atoms. The number of fused-ring (bicyclic) bond motifs is 2. The summed E-state index contributed by atoms with van der Waals surface area (Å²) in [6.45, 7) is 2.56. The van der Waals surface area contributed by atoms with Gasteiger partial charge in [0, 0.05) is 52.6 Å². The Morgan fingerprint density at radius 3 is 2.51 bits per heavy atom. The number of hydrogen-bond acceptors (Lipinski definition) is 10. The summed E-state index contributed by atoms with van der Waals surface area (Å²) in [5, 5.41) is 3.38. The molecule has 0 saturated carbocycles. The van der Waals surface area contributed by atoms with Gasteiger partial charge >= 0.3 is 0 Å². The summed E-state index contributed by atoms with van der Waals surface area (Å²) < 4.78 is 76.9. The summed E-state index contributed by atoms with van der Waals surface area (Å²) in [5.41, 5.74) is 3.50. The Kier molecular flexibility index (Phi) is 9.61.